The van der Waals surface area contributed by atoms with E-state index in [9.17, 15) is 4.79 Å². The molecule has 5 nitrogen and oxygen atoms in total. The molecule has 1 aromatic heterocycles. The largest absolute Gasteiger partial charge is 0.364 e. The minimum Gasteiger partial charge on any atom is -0.364 e. The predicted molar refractivity (Wildman–Crippen MR) is 49.2 cm³/mol. The molecule has 0 aromatic carbocycles. The highest BCUT2D eigenvalue weighted by atomic mass is 16.5. The summed E-state index contributed by atoms with van der Waals surface area (Å²) in [5.74, 6) is 0.0191. The van der Waals surface area contributed by atoms with Gasteiger partial charge in [-0.2, -0.15) is 0 Å². The normalized spacial score (nSPS) is 22.0. The molecule has 1 fully saturated rings. The number of hydrogen-bond donors (Lipinski definition) is 1. The van der Waals surface area contributed by atoms with Crippen molar-refractivity contribution in [2.45, 2.75) is 25.9 Å². The van der Waals surface area contributed by atoms with E-state index in [2.05, 4.69) is 5.16 Å². The highest BCUT2D eigenvalue weighted by Crippen LogP contribution is 2.15. The molecule has 1 atom stereocenters. The zero-order chi connectivity index (χ0) is 10.1. The van der Waals surface area contributed by atoms with Crippen molar-refractivity contribution < 1.29 is 9.32 Å². The molecule has 0 aliphatic carbocycles. The summed E-state index contributed by atoms with van der Waals surface area (Å²) in [7, 11) is 0. The van der Waals surface area contributed by atoms with E-state index in [4.69, 9.17) is 10.3 Å². The first-order valence-corrected chi connectivity index (χ1v) is 4.62. The van der Waals surface area contributed by atoms with Crippen molar-refractivity contribution in [1.29, 1.82) is 0 Å². The van der Waals surface area contributed by atoms with E-state index in [1.807, 2.05) is 6.92 Å². The fraction of sp³-hybridized carbons (Fsp3) is 0.556. The van der Waals surface area contributed by atoms with E-state index in [-0.39, 0.29) is 11.9 Å². The lowest BCUT2D eigenvalue weighted by Crippen LogP contribution is -2.33. The topological polar surface area (TPSA) is 72.4 Å². The fourth-order valence-corrected chi connectivity index (χ4v) is 1.59. The molecule has 1 aromatic rings. The van der Waals surface area contributed by atoms with E-state index >= 15 is 0 Å². The van der Waals surface area contributed by atoms with Crippen molar-refractivity contribution in [3.8, 4) is 0 Å². The Morgan fingerprint density at radius 3 is 3.07 bits per heavy atom. The zero-order valence-electron chi connectivity index (χ0n) is 8.06. The van der Waals surface area contributed by atoms with Crippen molar-refractivity contribution in [1.82, 2.24) is 10.1 Å². The molecule has 2 rings (SSSR count). The number of aromatic nitrogens is 1. The summed E-state index contributed by atoms with van der Waals surface area (Å²) in [6, 6.07) is -0.324. The molecule has 0 spiro atoms. The molecule has 2 N–H and O–H groups in total. The molecule has 1 aliphatic rings. The Balaban J connectivity index is 2.06. The third kappa shape index (κ3) is 1.50. The lowest BCUT2D eigenvalue weighted by atomic mass is 10.2. The summed E-state index contributed by atoms with van der Waals surface area (Å²) in [5, 5.41) is 3.76. The van der Waals surface area contributed by atoms with Crippen LogP contribution in [0.25, 0.3) is 0 Å². The standard InChI is InChI=1S/C9H13N3O2/c1-6-7(5-14-11-6)4-12-3-2-8(10)9(12)13/h5,8H,2-4,10H2,1H3. The average Bonchev–Trinajstić information content (AvgIpc) is 2.68. The molecular weight excluding hydrogens is 182 g/mol. The number of aryl methyl sites for hydroxylation is 1. The van der Waals surface area contributed by atoms with Crippen LogP contribution < -0.4 is 5.73 Å². The fourth-order valence-electron chi connectivity index (χ4n) is 1.59. The second-order valence-electron chi connectivity index (χ2n) is 3.58. The smallest absolute Gasteiger partial charge is 0.239 e. The van der Waals surface area contributed by atoms with Gasteiger partial charge in [0.05, 0.1) is 18.3 Å². The average molecular weight is 195 g/mol. The second kappa shape index (κ2) is 3.42. The van der Waals surface area contributed by atoms with Crippen molar-refractivity contribution in [3.63, 3.8) is 0 Å². The number of hydrogen-bond acceptors (Lipinski definition) is 4. The van der Waals surface area contributed by atoms with Crippen LogP contribution in [-0.2, 0) is 11.3 Å². The van der Waals surface area contributed by atoms with Crippen LogP contribution in [0.15, 0.2) is 10.8 Å². The van der Waals surface area contributed by atoms with Gasteiger partial charge < -0.3 is 15.2 Å². The van der Waals surface area contributed by atoms with Crippen molar-refractivity contribution >= 4 is 5.91 Å². The van der Waals surface area contributed by atoms with Gasteiger partial charge in [0.25, 0.3) is 0 Å². The number of carbonyl (C=O) groups excluding carboxylic acids is 1. The van der Waals surface area contributed by atoms with Gasteiger partial charge in [-0.3, -0.25) is 4.79 Å². The van der Waals surface area contributed by atoms with Crippen LogP contribution in [0.2, 0.25) is 0 Å². The van der Waals surface area contributed by atoms with Crippen LogP contribution in [0, 0.1) is 6.92 Å². The Morgan fingerprint density at radius 1 is 1.79 bits per heavy atom. The first-order valence-electron chi connectivity index (χ1n) is 4.62. The Morgan fingerprint density at radius 2 is 2.57 bits per heavy atom. The Hall–Kier alpha value is -1.36. The summed E-state index contributed by atoms with van der Waals surface area (Å²) >= 11 is 0. The van der Waals surface area contributed by atoms with Gasteiger partial charge in [-0.1, -0.05) is 5.16 Å². The highest BCUT2D eigenvalue weighted by molar-refractivity contribution is 5.83. The number of amides is 1. The van der Waals surface area contributed by atoms with E-state index in [0.29, 0.717) is 6.54 Å². The summed E-state index contributed by atoms with van der Waals surface area (Å²) in [5.41, 5.74) is 7.39. The molecular formula is C9H13N3O2. The van der Waals surface area contributed by atoms with Crippen LogP contribution in [-0.4, -0.2) is 28.6 Å². The predicted octanol–water partition coefficient (Wildman–Crippen LogP) is 0.0426. The third-order valence-corrected chi connectivity index (χ3v) is 2.55. The molecule has 1 aliphatic heterocycles. The molecule has 2 heterocycles. The van der Waals surface area contributed by atoms with Gasteiger partial charge in [-0.05, 0) is 13.3 Å². The zero-order valence-corrected chi connectivity index (χ0v) is 8.06. The van der Waals surface area contributed by atoms with Gasteiger partial charge in [-0.25, -0.2) is 0 Å². The van der Waals surface area contributed by atoms with E-state index < -0.39 is 0 Å². The summed E-state index contributed by atoms with van der Waals surface area (Å²) < 4.78 is 4.80. The Kier molecular flexibility index (Phi) is 2.25. The molecule has 1 unspecified atom stereocenters. The summed E-state index contributed by atoms with van der Waals surface area (Å²) in [4.78, 5) is 13.2. The molecule has 5 heteroatoms. The number of likely N-dealkylation sites (tertiary alicyclic amines) is 1. The first kappa shape index (κ1) is 9.21. The van der Waals surface area contributed by atoms with E-state index in [1.165, 1.54) is 0 Å². The minimum absolute atomic E-state index is 0.0191. The molecule has 1 saturated heterocycles. The van der Waals surface area contributed by atoms with Gasteiger partial charge in [0, 0.05) is 12.1 Å². The van der Waals surface area contributed by atoms with Gasteiger partial charge in [0.15, 0.2) is 0 Å². The molecule has 1 amide bonds. The van der Waals surface area contributed by atoms with Crippen LogP contribution in [0.4, 0.5) is 0 Å². The summed E-state index contributed by atoms with van der Waals surface area (Å²) in [6.07, 6.45) is 2.32. The first-order chi connectivity index (χ1) is 6.68. The van der Waals surface area contributed by atoms with Crippen molar-refractivity contribution in [2.24, 2.45) is 5.73 Å². The number of nitrogens with two attached hydrogens (primary N) is 1. The van der Waals surface area contributed by atoms with E-state index in [0.717, 1.165) is 24.2 Å². The Bertz CT molecular complexity index is 348. The minimum atomic E-state index is -0.324. The molecule has 0 bridgehead atoms. The molecule has 76 valence electrons. The third-order valence-electron chi connectivity index (χ3n) is 2.55. The second-order valence-corrected chi connectivity index (χ2v) is 3.58. The van der Waals surface area contributed by atoms with E-state index in [1.54, 1.807) is 11.2 Å². The van der Waals surface area contributed by atoms with Crippen LogP contribution in [0.5, 0.6) is 0 Å². The Labute approximate surface area is 81.8 Å². The number of rotatable bonds is 2. The lowest BCUT2D eigenvalue weighted by Gasteiger charge is -2.14. The van der Waals surface area contributed by atoms with Crippen molar-refractivity contribution in [3.05, 3.63) is 17.5 Å². The maximum atomic E-state index is 11.5. The summed E-state index contributed by atoms with van der Waals surface area (Å²) in [6.45, 7) is 3.14. The molecule has 14 heavy (non-hydrogen) atoms. The quantitative estimate of drug-likeness (QED) is 0.723. The van der Waals surface area contributed by atoms with Crippen molar-refractivity contribution in [2.75, 3.05) is 6.54 Å². The van der Waals surface area contributed by atoms with Gasteiger partial charge in [0.2, 0.25) is 5.91 Å². The number of carbonyl (C=O) groups is 1. The van der Waals surface area contributed by atoms with Gasteiger partial charge in [-0.15, -0.1) is 0 Å². The maximum Gasteiger partial charge on any atom is 0.239 e. The van der Waals surface area contributed by atoms with Crippen LogP contribution in [0.3, 0.4) is 0 Å². The molecule has 0 radical (unpaired) electrons. The number of nitrogens with zero attached hydrogens (tertiary/aromatic N) is 2. The molecule has 0 saturated carbocycles. The van der Waals surface area contributed by atoms with Crippen LogP contribution >= 0.6 is 0 Å². The monoisotopic (exact) mass is 195 g/mol. The maximum absolute atomic E-state index is 11.5. The van der Waals surface area contributed by atoms with Gasteiger partial charge in [0.1, 0.15) is 6.26 Å². The van der Waals surface area contributed by atoms with Gasteiger partial charge >= 0.3 is 0 Å². The SMILES string of the molecule is Cc1nocc1CN1CCC(N)C1=O. The lowest BCUT2D eigenvalue weighted by molar-refractivity contribution is -0.129. The highest BCUT2D eigenvalue weighted by Gasteiger charge is 2.28. The van der Waals surface area contributed by atoms with Crippen LogP contribution in [0.1, 0.15) is 17.7 Å².